The van der Waals surface area contributed by atoms with E-state index in [0.717, 1.165) is 37.4 Å². The fraction of sp³-hybridized carbons (Fsp3) is 0.667. The van der Waals surface area contributed by atoms with E-state index >= 15 is 0 Å². The maximum Gasteiger partial charge on any atom is 0.161 e. The van der Waals surface area contributed by atoms with E-state index < -0.39 is 0 Å². The van der Waals surface area contributed by atoms with Crippen molar-refractivity contribution in [3.63, 3.8) is 0 Å². The zero-order valence-electron chi connectivity index (χ0n) is 17.1. The van der Waals surface area contributed by atoms with Gasteiger partial charge in [0.1, 0.15) is 0 Å². The Balaban J connectivity index is 2.21. The highest BCUT2D eigenvalue weighted by Crippen LogP contribution is 2.28. The summed E-state index contributed by atoms with van der Waals surface area (Å²) < 4.78 is 12.1. The molecule has 0 amide bonds. The van der Waals surface area contributed by atoms with Crippen LogP contribution in [0.2, 0.25) is 0 Å². The minimum Gasteiger partial charge on any atom is -0.490 e. The lowest BCUT2D eigenvalue weighted by Crippen LogP contribution is -2.12. The number of ether oxygens (including phenoxy) is 2. The van der Waals surface area contributed by atoms with Crippen molar-refractivity contribution in [2.75, 3.05) is 6.61 Å². The largest absolute Gasteiger partial charge is 0.490 e. The number of hydrogen-bond acceptors (Lipinski definition) is 2. The van der Waals surface area contributed by atoms with Crippen molar-refractivity contribution in [1.29, 1.82) is 0 Å². The second-order valence-electron chi connectivity index (χ2n) is 7.20. The molecule has 0 fully saturated rings. The number of unbranched alkanes of at least 4 members (excludes halogenated alkanes) is 9. The Morgan fingerprint density at radius 2 is 1.73 bits per heavy atom. The van der Waals surface area contributed by atoms with Crippen molar-refractivity contribution in [2.45, 2.75) is 97.0 Å². The normalized spacial score (nSPS) is 11.9. The van der Waals surface area contributed by atoms with Crippen LogP contribution in [0.15, 0.2) is 30.9 Å². The van der Waals surface area contributed by atoms with Gasteiger partial charge in [-0.25, -0.2) is 0 Å². The minimum atomic E-state index is 0.229. The standard InChI is InChI=1S/C24H39O2/c1-4-6-8-10-11-12-13-17-21-25-23-19-15-16-20-24(23)26-22(3)18-14-9-7-5-2/h4,16,19-20,22H,1,5-14,17-18,21H2,2-3H3. The maximum atomic E-state index is 6.11. The van der Waals surface area contributed by atoms with E-state index in [2.05, 4.69) is 26.5 Å². The molecule has 1 rings (SSSR count). The van der Waals surface area contributed by atoms with Gasteiger partial charge in [0.25, 0.3) is 0 Å². The maximum absolute atomic E-state index is 6.11. The van der Waals surface area contributed by atoms with Crippen LogP contribution in [-0.2, 0) is 0 Å². The third-order valence-corrected chi connectivity index (χ3v) is 4.64. The Morgan fingerprint density at radius 3 is 2.50 bits per heavy atom. The van der Waals surface area contributed by atoms with Crippen LogP contribution in [0.5, 0.6) is 11.5 Å². The molecule has 0 N–H and O–H groups in total. The molecule has 2 heteroatoms. The number of rotatable bonds is 17. The van der Waals surface area contributed by atoms with E-state index in [0.29, 0.717) is 0 Å². The van der Waals surface area contributed by atoms with Gasteiger partial charge in [0.15, 0.2) is 11.5 Å². The molecule has 1 aromatic rings. The van der Waals surface area contributed by atoms with Crippen molar-refractivity contribution < 1.29 is 9.47 Å². The molecule has 147 valence electrons. The summed E-state index contributed by atoms with van der Waals surface area (Å²) in [6.45, 7) is 8.92. The highest BCUT2D eigenvalue weighted by atomic mass is 16.5. The van der Waals surface area contributed by atoms with Gasteiger partial charge in [-0.05, 0) is 57.2 Å². The van der Waals surface area contributed by atoms with Crippen LogP contribution in [0.3, 0.4) is 0 Å². The lowest BCUT2D eigenvalue weighted by Gasteiger charge is -2.17. The molecule has 2 nitrogen and oxygen atoms in total. The summed E-state index contributed by atoms with van der Waals surface area (Å²) in [7, 11) is 0. The van der Waals surface area contributed by atoms with Gasteiger partial charge in [0.05, 0.1) is 12.7 Å². The quantitative estimate of drug-likeness (QED) is 0.211. The van der Waals surface area contributed by atoms with Crippen molar-refractivity contribution in [2.24, 2.45) is 0 Å². The Hall–Kier alpha value is -1.44. The molecule has 0 spiro atoms. The zero-order chi connectivity index (χ0) is 18.9. The van der Waals surface area contributed by atoms with Crippen LogP contribution in [0.1, 0.15) is 90.9 Å². The van der Waals surface area contributed by atoms with Crippen LogP contribution in [0.4, 0.5) is 0 Å². The van der Waals surface area contributed by atoms with Crippen LogP contribution in [0.25, 0.3) is 0 Å². The molecule has 0 bridgehead atoms. The first-order valence-electron chi connectivity index (χ1n) is 10.7. The first-order chi connectivity index (χ1) is 12.8. The Bertz CT molecular complexity index is 455. The lowest BCUT2D eigenvalue weighted by molar-refractivity contribution is 0.191. The van der Waals surface area contributed by atoms with Crippen molar-refractivity contribution in [3.05, 3.63) is 36.9 Å². The van der Waals surface area contributed by atoms with E-state index in [1.165, 1.54) is 57.8 Å². The fourth-order valence-electron chi connectivity index (χ4n) is 3.03. The lowest BCUT2D eigenvalue weighted by atomic mass is 10.1. The first-order valence-corrected chi connectivity index (χ1v) is 10.7. The van der Waals surface area contributed by atoms with Gasteiger partial charge in [0.2, 0.25) is 0 Å². The highest BCUT2D eigenvalue weighted by molar-refractivity contribution is 5.39. The van der Waals surface area contributed by atoms with Crippen LogP contribution < -0.4 is 9.47 Å². The smallest absolute Gasteiger partial charge is 0.161 e. The second-order valence-corrected chi connectivity index (χ2v) is 7.20. The first kappa shape index (κ1) is 22.6. The van der Waals surface area contributed by atoms with Gasteiger partial charge in [-0.1, -0.05) is 64.0 Å². The van der Waals surface area contributed by atoms with Gasteiger partial charge in [-0.15, -0.1) is 6.58 Å². The number of benzene rings is 1. The summed E-state index contributed by atoms with van der Waals surface area (Å²) in [6, 6.07) is 8.87. The molecule has 0 saturated heterocycles. The average Bonchev–Trinajstić information content (AvgIpc) is 2.65. The molecule has 1 aromatic carbocycles. The van der Waals surface area contributed by atoms with Gasteiger partial charge in [0, 0.05) is 0 Å². The van der Waals surface area contributed by atoms with Crippen molar-refractivity contribution in [1.82, 2.24) is 0 Å². The van der Waals surface area contributed by atoms with E-state index in [1.54, 1.807) is 0 Å². The van der Waals surface area contributed by atoms with Gasteiger partial charge in [-0.3, -0.25) is 0 Å². The van der Waals surface area contributed by atoms with Crippen LogP contribution in [0, 0.1) is 6.07 Å². The van der Waals surface area contributed by atoms with E-state index in [9.17, 15) is 0 Å². The number of allylic oxidation sites excluding steroid dienone is 1. The SMILES string of the molecule is C=CCCCCCCCCOc1c[c]ccc1OC(C)CCCCCC. The Kier molecular flexibility index (Phi) is 13.7. The molecule has 0 aromatic heterocycles. The molecule has 1 unspecified atom stereocenters. The third kappa shape index (κ3) is 11.2. The van der Waals surface area contributed by atoms with E-state index in [-0.39, 0.29) is 6.10 Å². The zero-order valence-corrected chi connectivity index (χ0v) is 17.1. The summed E-state index contributed by atoms with van der Waals surface area (Å²) in [5, 5.41) is 0. The highest BCUT2D eigenvalue weighted by Gasteiger charge is 2.09. The van der Waals surface area contributed by atoms with Crippen molar-refractivity contribution in [3.8, 4) is 11.5 Å². The summed E-state index contributed by atoms with van der Waals surface area (Å²) in [6.07, 6.45) is 17.1. The summed E-state index contributed by atoms with van der Waals surface area (Å²) in [4.78, 5) is 0. The summed E-state index contributed by atoms with van der Waals surface area (Å²) in [5.41, 5.74) is 0. The van der Waals surface area contributed by atoms with E-state index in [4.69, 9.17) is 9.47 Å². The molecule has 0 heterocycles. The molecule has 26 heavy (non-hydrogen) atoms. The fourth-order valence-corrected chi connectivity index (χ4v) is 3.03. The summed E-state index contributed by atoms with van der Waals surface area (Å²) >= 11 is 0. The van der Waals surface area contributed by atoms with Crippen molar-refractivity contribution >= 4 is 0 Å². The molecule has 0 aliphatic rings. The third-order valence-electron chi connectivity index (χ3n) is 4.64. The van der Waals surface area contributed by atoms with E-state index in [1.807, 2.05) is 24.3 Å². The van der Waals surface area contributed by atoms with Crippen LogP contribution >= 0.6 is 0 Å². The average molecular weight is 360 g/mol. The molecule has 1 atom stereocenters. The molecular formula is C24H39O2. The summed E-state index contributed by atoms with van der Waals surface area (Å²) in [5.74, 6) is 1.69. The predicted molar refractivity (Wildman–Crippen MR) is 112 cm³/mol. The Labute approximate surface area is 162 Å². The molecule has 1 radical (unpaired) electrons. The van der Waals surface area contributed by atoms with Gasteiger partial charge < -0.3 is 9.47 Å². The van der Waals surface area contributed by atoms with Gasteiger partial charge >= 0.3 is 0 Å². The topological polar surface area (TPSA) is 18.5 Å². The Morgan fingerprint density at radius 1 is 1.00 bits per heavy atom. The second kappa shape index (κ2) is 15.8. The monoisotopic (exact) mass is 359 g/mol. The molecule has 0 saturated carbocycles. The predicted octanol–water partition coefficient (Wildman–Crippen LogP) is 7.52. The van der Waals surface area contributed by atoms with Gasteiger partial charge in [-0.2, -0.15) is 0 Å². The minimum absolute atomic E-state index is 0.229. The number of hydrogen-bond donors (Lipinski definition) is 0. The molecule has 0 aliphatic heterocycles. The molecule has 0 aliphatic carbocycles. The van der Waals surface area contributed by atoms with Crippen LogP contribution in [-0.4, -0.2) is 12.7 Å². The molecular weight excluding hydrogens is 320 g/mol.